The molecule has 6 heteroatoms. The highest BCUT2D eigenvalue weighted by molar-refractivity contribution is 6.30. The molecule has 1 atom stereocenters. The summed E-state index contributed by atoms with van der Waals surface area (Å²) in [5, 5.41) is 3.97. The van der Waals surface area contributed by atoms with Crippen molar-refractivity contribution >= 4 is 17.5 Å². The number of benzene rings is 1. The number of amides is 1. The molecule has 0 aliphatic carbocycles. The van der Waals surface area contributed by atoms with Crippen molar-refractivity contribution in [1.29, 1.82) is 0 Å². The molecule has 0 bridgehead atoms. The van der Waals surface area contributed by atoms with Gasteiger partial charge >= 0.3 is 0 Å². The molecule has 0 radical (unpaired) electrons. The normalized spacial score (nSPS) is 13.1. The Hall–Kier alpha value is -2.76. The van der Waals surface area contributed by atoms with Crippen LogP contribution in [-0.2, 0) is 23.3 Å². The number of aromatic nitrogens is 2. The number of pyridine rings is 2. The lowest BCUT2D eigenvalue weighted by Gasteiger charge is -2.33. The van der Waals surface area contributed by atoms with Crippen LogP contribution in [-0.4, -0.2) is 15.9 Å². The van der Waals surface area contributed by atoms with E-state index in [1.807, 2.05) is 36.4 Å². The topological polar surface area (TPSA) is 80.9 Å². The Labute approximate surface area is 157 Å². The molecule has 0 aliphatic rings. The maximum atomic E-state index is 12.6. The predicted molar refractivity (Wildman–Crippen MR) is 101 cm³/mol. The van der Waals surface area contributed by atoms with Crippen LogP contribution in [0.1, 0.15) is 16.7 Å². The molecular formula is C20H19ClN4O. The molecule has 0 saturated carbocycles. The van der Waals surface area contributed by atoms with Crippen molar-refractivity contribution in [3.63, 3.8) is 0 Å². The molecule has 26 heavy (non-hydrogen) atoms. The highest BCUT2D eigenvalue weighted by Crippen LogP contribution is 2.28. The number of carbonyl (C=O) groups excluding carboxylic acids is 1. The van der Waals surface area contributed by atoms with Gasteiger partial charge in [-0.25, -0.2) is 0 Å². The fourth-order valence-corrected chi connectivity index (χ4v) is 3.00. The molecule has 1 amide bonds. The summed E-state index contributed by atoms with van der Waals surface area (Å²) < 4.78 is 0. The first-order valence-electron chi connectivity index (χ1n) is 8.19. The Balaban J connectivity index is 1.99. The summed E-state index contributed by atoms with van der Waals surface area (Å²) in [5.41, 5.74) is 7.54. The molecule has 2 aromatic heterocycles. The van der Waals surface area contributed by atoms with Gasteiger partial charge in [0.05, 0.1) is 0 Å². The quantitative estimate of drug-likeness (QED) is 0.673. The average Bonchev–Trinajstić information content (AvgIpc) is 2.67. The minimum Gasteiger partial charge on any atom is -0.368 e. The Morgan fingerprint density at radius 2 is 1.46 bits per heavy atom. The number of primary amides is 1. The van der Waals surface area contributed by atoms with Crippen LogP contribution in [0.2, 0.25) is 5.02 Å². The van der Waals surface area contributed by atoms with Crippen molar-refractivity contribution in [2.75, 3.05) is 0 Å². The first kappa shape index (κ1) is 18.0. The smallest absolute Gasteiger partial charge is 0.242 e. The summed E-state index contributed by atoms with van der Waals surface area (Å²) in [4.78, 5) is 20.7. The summed E-state index contributed by atoms with van der Waals surface area (Å²) in [6.07, 6.45) is 7.23. The van der Waals surface area contributed by atoms with Gasteiger partial charge in [-0.15, -0.1) is 0 Å². The summed E-state index contributed by atoms with van der Waals surface area (Å²) in [7, 11) is 0. The van der Waals surface area contributed by atoms with E-state index in [1.54, 1.807) is 36.9 Å². The van der Waals surface area contributed by atoms with E-state index in [9.17, 15) is 4.79 Å². The second-order valence-corrected chi connectivity index (χ2v) is 6.45. The van der Waals surface area contributed by atoms with Crippen molar-refractivity contribution in [2.24, 2.45) is 5.73 Å². The monoisotopic (exact) mass is 366 g/mol. The molecule has 3 aromatic rings. The summed E-state index contributed by atoms with van der Waals surface area (Å²) in [6.45, 7) is 0.471. The highest BCUT2D eigenvalue weighted by Gasteiger charge is 2.38. The van der Waals surface area contributed by atoms with Gasteiger partial charge in [-0.2, -0.15) is 0 Å². The molecule has 1 unspecified atom stereocenters. The second-order valence-electron chi connectivity index (χ2n) is 6.02. The van der Waals surface area contributed by atoms with Gasteiger partial charge in [0.25, 0.3) is 0 Å². The summed E-state index contributed by atoms with van der Waals surface area (Å²) >= 11 is 6.02. The fourth-order valence-electron chi connectivity index (χ4n) is 2.88. The number of halogens is 1. The van der Waals surface area contributed by atoms with Gasteiger partial charge in [-0.3, -0.25) is 20.1 Å². The molecule has 3 rings (SSSR count). The van der Waals surface area contributed by atoms with Crippen LogP contribution < -0.4 is 11.1 Å². The van der Waals surface area contributed by atoms with Crippen molar-refractivity contribution in [2.45, 2.75) is 18.5 Å². The molecule has 0 fully saturated rings. The maximum absolute atomic E-state index is 12.6. The molecule has 3 N–H and O–H groups in total. The number of nitrogens with two attached hydrogens (primary N) is 1. The third-order valence-corrected chi connectivity index (χ3v) is 4.57. The summed E-state index contributed by atoms with van der Waals surface area (Å²) in [5.74, 6) is -0.453. The van der Waals surface area contributed by atoms with Gasteiger partial charge in [-0.1, -0.05) is 23.7 Å². The predicted octanol–water partition coefficient (Wildman–Crippen LogP) is 2.84. The number of hydrogen-bond donors (Lipinski definition) is 2. The lowest BCUT2D eigenvalue weighted by molar-refractivity contribution is -0.125. The Kier molecular flexibility index (Phi) is 5.61. The van der Waals surface area contributed by atoms with E-state index in [4.69, 9.17) is 17.3 Å². The van der Waals surface area contributed by atoms with E-state index >= 15 is 0 Å². The van der Waals surface area contributed by atoms with Crippen LogP contribution in [0.4, 0.5) is 0 Å². The fraction of sp³-hybridized carbons (Fsp3) is 0.150. The first-order chi connectivity index (χ1) is 12.6. The van der Waals surface area contributed by atoms with Crippen molar-refractivity contribution in [3.05, 3.63) is 95.0 Å². The first-order valence-corrected chi connectivity index (χ1v) is 8.57. The average molecular weight is 367 g/mol. The lowest BCUT2D eigenvalue weighted by atomic mass is 9.83. The van der Waals surface area contributed by atoms with Crippen molar-refractivity contribution in [1.82, 2.24) is 15.3 Å². The molecule has 1 aromatic carbocycles. The minimum atomic E-state index is -1.07. The zero-order valence-corrected chi connectivity index (χ0v) is 14.9. The molecule has 0 spiro atoms. The van der Waals surface area contributed by atoms with Gasteiger partial charge < -0.3 is 5.73 Å². The second kappa shape index (κ2) is 8.08. The third kappa shape index (κ3) is 4.07. The van der Waals surface area contributed by atoms with Crippen LogP contribution in [0.3, 0.4) is 0 Å². The molecule has 132 valence electrons. The van der Waals surface area contributed by atoms with Gasteiger partial charge in [0.2, 0.25) is 5.91 Å². The van der Waals surface area contributed by atoms with E-state index in [0.717, 1.165) is 16.7 Å². The molecule has 5 nitrogen and oxygen atoms in total. The van der Waals surface area contributed by atoms with Crippen molar-refractivity contribution in [3.8, 4) is 0 Å². The van der Waals surface area contributed by atoms with Gasteiger partial charge in [0.15, 0.2) is 0 Å². The van der Waals surface area contributed by atoms with Crippen LogP contribution in [0.25, 0.3) is 0 Å². The number of rotatable bonds is 7. The third-order valence-electron chi connectivity index (χ3n) is 4.32. The zero-order chi connectivity index (χ0) is 18.4. The Morgan fingerprint density at radius 1 is 0.923 bits per heavy atom. The van der Waals surface area contributed by atoms with Gasteiger partial charge in [0.1, 0.15) is 5.54 Å². The van der Waals surface area contributed by atoms with Crippen LogP contribution in [0, 0.1) is 0 Å². The largest absolute Gasteiger partial charge is 0.368 e. The Morgan fingerprint density at radius 3 is 2.00 bits per heavy atom. The zero-order valence-electron chi connectivity index (χ0n) is 14.1. The SMILES string of the molecule is NC(=O)C(Cc1ccncc1)(NCc1ccncc1)c1ccc(Cl)cc1. The van der Waals surface area contributed by atoms with Crippen LogP contribution in [0.15, 0.2) is 73.3 Å². The van der Waals surface area contributed by atoms with E-state index in [2.05, 4.69) is 15.3 Å². The van der Waals surface area contributed by atoms with Crippen molar-refractivity contribution < 1.29 is 4.79 Å². The number of hydrogen-bond acceptors (Lipinski definition) is 4. The molecule has 0 saturated heterocycles. The summed E-state index contributed by atoms with van der Waals surface area (Å²) in [6, 6.07) is 14.7. The lowest BCUT2D eigenvalue weighted by Crippen LogP contribution is -2.54. The van der Waals surface area contributed by atoms with E-state index in [1.165, 1.54) is 0 Å². The van der Waals surface area contributed by atoms with Crippen LogP contribution in [0.5, 0.6) is 0 Å². The number of nitrogens with one attached hydrogen (secondary N) is 1. The Bertz CT molecular complexity index is 856. The number of nitrogens with zero attached hydrogens (tertiary/aromatic N) is 2. The standard InChI is InChI=1S/C20H19ClN4O/c21-18-3-1-17(2-4-18)20(19(22)26,13-15-5-9-23-10-6-15)25-14-16-7-11-24-12-8-16/h1-12,25H,13-14H2,(H2,22,26). The molecule has 0 aliphatic heterocycles. The van der Waals surface area contributed by atoms with Gasteiger partial charge in [0, 0.05) is 42.8 Å². The van der Waals surface area contributed by atoms with Gasteiger partial charge in [-0.05, 0) is 53.1 Å². The maximum Gasteiger partial charge on any atom is 0.242 e. The highest BCUT2D eigenvalue weighted by atomic mass is 35.5. The van der Waals surface area contributed by atoms with E-state index in [0.29, 0.717) is 18.0 Å². The number of carbonyl (C=O) groups is 1. The van der Waals surface area contributed by atoms with Crippen LogP contribution >= 0.6 is 11.6 Å². The van der Waals surface area contributed by atoms with E-state index < -0.39 is 11.4 Å². The molecule has 2 heterocycles. The minimum absolute atomic E-state index is 0.400. The van der Waals surface area contributed by atoms with E-state index in [-0.39, 0.29) is 0 Å². The molecular weight excluding hydrogens is 348 g/mol.